The van der Waals surface area contributed by atoms with E-state index < -0.39 is 6.36 Å². The van der Waals surface area contributed by atoms with Crippen molar-refractivity contribution in [3.8, 4) is 5.75 Å². The highest BCUT2D eigenvalue weighted by Gasteiger charge is 2.33. The summed E-state index contributed by atoms with van der Waals surface area (Å²) in [6, 6.07) is 15.9. The summed E-state index contributed by atoms with van der Waals surface area (Å²) in [6.45, 7) is 1.95. The van der Waals surface area contributed by atoms with Crippen molar-refractivity contribution >= 4 is 10.9 Å². The highest BCUT2D eigenvalue weighted by atomic mass is 19.4. The number of para-hydroxylation sites is 2. The molecule has 0 aliphatic rings. The monoisotopic (exact) mass is 319 g/mol. The number of nitrogens with zero attached hydrogens (tertiary/aromatic N) is 1. The fourth-order valence-corrected chi connectivity index (χ4v) is 2.92. The van der Waals surface area contributed by atoms with Gasteiger partial charge < -0.3 is 9.30 Å². The molecule has 0 saturated heterocycles. The topological polar surface area (TPSA) is 14.2 Å². The largest absolute Gasteiger partial charge is 0.573 e. The lowest BCUT2D eigenvalue weighted by Gasteiger charge is -2.22. The summed E-state index contributed by atoms with van der Waals surface area (Å²) in [5, 5.41) is 1.06. The summed E-state index contributed by atoms with van der Waals surface area (Å²) in [7, 11) is 0. The molecule has 0 saturated carbocycles. The first kappa shape index (κ1) is 15.5. The van der Waals surface area contributed by atoms with Gasteiger partial charge in [-0.15, -0.1) is 13.2 Å². The molecule has 1 unspecified atom stereocenters. The molecule has 0 aliphatic carbocycles. The number of fused-ring (bicyclic) bond motifs is 1. The Kier molecular flexibility index (Phi) is 4.03. The van der Waals surface area contributed by atoms with Crippen LogP contribution in [0.4, 0.5) is 13.2 Å². The third-order valence-electron chi connectivity index (χ3n) is 3.86. The van der Waals surface area contributed by atoms with E-state index in [1.165, 1.54) is 6.07 Å². The van der Waals surface area contributed by atoms with Crippen LogP contribution in [0, 0.1) is 0 Å². The van der Waals surface area contributed by atoms with Crippen LogP contribution in [0.25, 0.3) is 10.9 Å². The molecule has 2 aromatic carbocycles. The number of ether oxygens (including phenoxy) is 1. The minimum absolute atomic E-state index is 0.148. The van der Waals surface area contributed by atoms with Crippen LogP contribution in [0.5, 0.6) is 5.75 Å². The van der Waals surface area contributed by atoms with Crippen LogP contribution in [-0.2, 0) is 0 Å². The smallest absolute Gasteiger partial charge is 0.405 e. The fourth-order valence-electron chi connectivity index (χ4n) is 2.92. The van der Waals surface area contributed by atoms with Gasteiger partial charge >= 0.3 is 6.36 Å². The molecule has 0 spiro atoms. The van der Waals surface area contributed by atoms with Gasteiger partial charge in [0.2, 0.25) is 0 Å². The average Bonchev–Trinajstić information content (AvgIpc) is 2.92. The molecular formula is C18H16F3NO. The molecule has 0 aliphatic heterocycles. The predicted molar refractivity (Wildman–Crippen MR) is 83.5 cm³/mol. The van der Waals surface area contributed by atoms with Gasteiger partial charge in [0.25, 0.3) is 0 Å². The zero-order valence-corrected chi connectivity index (χ0v) is 12.5. The molecular weight excluding hydrogens is 303 g/mol. The number of alkyl halides is 3. The second-order valence-electron chi connectivity index (χ2n) is 5.29. The van der Waals surface area contributed by atoms with Crippen LogP contribution in [0.2, 0.25) is 0 Å². The highest BCUT2D eigenvalue weighted by molar-refractivity contribution is 5.80. The summed E-state index contributed by atoms with van der Waals surface area (Å²) in [5.74, 6) is -0.148. The Morgan fingerprint density at radius 1 is 1.00 bits per heavy atom. The van der Waals surface area contributed by atoms with Crippen LogP contribution >= 0.6 is 0 Å². The fraction of sp³-hybridized carbons (Fsp3) is 0.222. The predicted octanol–water partition coefficient (Wildman–Crippen LogP) is 5.54. The molecule has 3 aromatic rings. The molecule has 2 nitrogen and oxygen atoms in total. The van der Waals surface area contributed by atoms with Crippen molar-refractivity contribution in [2.45, 2.75) is 25.7 Å². The zero-order valence-electron chi connectivity index (χ0n) is 12.5. The number of hydrogen-bond donors (Lipinski definition) is 0. The third-order valence-corrected chi connectivity index (χ3v) is 3.86. The number of aromatic nitrogens is 1. The first-order valence-electron chi connectivity index (χ1n) is 7.40. The van der Waals surface area contributed by atoms with Gasteiger partial charge in [-0.1, -0.05) is 43.3 Å². The third kappa shape index (κ3) is 3.18. The molecule has 5 heteroatoms. The van der Waals surface area contributed by atoms with Crippen molar-refractivity contribution < 1.29 is 17.9 Å². The molecule has 0 radical (unpaired) electrons. The second-order valence-corrected chi connectivity index (χ2v) is 5.29. The molecule has 1 aromatic heterocycles. The quantitative estimate of drug-likeness (QED) is 0.616. The lowest BCUT2D eigenvalue weighted by molar-refractivity contribution is -0.275. The van der Waals surface area contributed by atoms with E-state index in [2.05, 4.69) is 4.74 Å². The summed E-state index contributed by atoms with van der Waals surface area (Å²) in [5.41, 5.74) is 1.51. The van der Waals surface area contributed by atoms with Gasteiger partial charge in [0, 0.05) is 17.3 Å². The van der Waals surface area contributed by atoms with Gasteiger partial charge in [-0.2, -0.15) is 0 Å². The Morgan fingerprint density at radius 3 is 2.43 bits per heavy atom. The summed E-state index contributed by atoms with van der Waals surface area (Å²) >= 11 is 0. The molecule has 0 amide bonds. The number of halogens is 3. The standard InChI is InChI=1S/C18H16F3NO/c1-2-15(22-12-11-13-7-3-5-9-16(13)22)14-8-4-6-10-17(14)23-18(19,20)21/h3-12,15H,2H2,1H3. The number of hydrogen-bond acceptors (Lipinski definition) is 1. The summed E-state index contributed by atoms with van der Waals surface area (Å²) in [6.07, 6.45) is -2.15. The van der Waals surface area contributed by atoms with Crippen molar-refractivity contribution in [2.75, 3.05) is 0 Å². The van der Waals surface area contributed by atoms with Crippen molar-refractivity contribution in [1.29, 1.82) is 0 Å². The first-order valence-corrected chi connectivity index (χ1v) is 7.40. The van der Waals surface area contributed by atoms with E-state index in [1.54, 1.807) is 18.2 Å². The minimum Gasteiger partial charge on any atom is -0.405 e. The van der Waals surface area contributed by atoms with Crippen LogP contribution in [-0.4, -0.2) is 10.9 Å². The van der Waals surface area contributed by atoms with Crippen molar-refractivity contribution in [1.82, 2.24) is 4.57 Å². The highest BCUT2D eigenvalue weighted by Crippen LogP contribution is 2.35. The van der Waals surface area contributed by atoms with Gasteiger partial charge in [-0.05, 0) is 30.0 Å². The molecule has 3 rings (SSSR count). The van der Waals surface area contributed by atoms with Crippen LogP contribution in [0.15, 0.2) is 60.8 Å². The number of benzene rings is 2. The number of rotatable bonds is 4. The van der Waals surface area contributed by atoms with Crippen molar-refractivity contribution in [3.05, 3.63) is 66.4 Å². The Bertz CT molecular complexity index is 807. The van der Waals surface area contributed by atoms with E-state index in [-0.39, 0.29) is 11.8 Å². The van der Waals surface area contributed by atoms with Gasteiger partial charge in [0.15, 0.2) is 0 Å². The van der Waals surface area contributed by atoms with Gasteiger partial charge in [0.05, 0.1) is 6.04 Å². The Morgan fingerprint density at radius 2 is 1.70 bits per heavy atom. The van der Waals surface area contributed by atoms with E-state index >= 15 is 0 Å². The Hall–Kier alpha value is -2.43. The molecule has 0 bridgehead atoms. The van der Waals surface area contributed by atoms with E-state index in [0.717, 1.165) is 10.9 Å². The van der Waals surface area contributed by atoms with Crippen LogP contribution < -0.4 is 4.74 Å². The Balaban J connectivity index is 2.08. The normalized spacial score (nSPS) is 13.2. The van der Waals surface area contributed by atoms with Gasteiger partial charge in [-0.3, -0.25) is 0 Å². The van der Waals surface area contributed by atoms with E-state index in [4.69, 9.17) is 0 Å². The maximum absolute atomic E-state index is 12.7. The van der Waals surface area contributed by atoms with Gasteiger partial charge in [-0.25, -0.2) is 0 Å². The molecule has 1 heterocycles. The van der Waals surface area contributed by atoms with E-state index in [1.807, 2.05) is 48.0 Å². The van der Waals surface area contributed by atoms with Crippen LogP contribution in [0.3, 0.4) is 0 Å². The summed E-state index contributed by atoms with van der Waals surface area (Å²) in [4.78, 5) is 0. The summed E-state index contributed by atoms with van der Waals surface area (Å²) < 4.78 is 44.2. The van der Waals surface area contributed by atoms with E-state index in [9.17, 15) is 13.2 Å². The van der Waals surface area contributed by atoms with Crippen molar-refractivity contribution in [2.24, 2.45) is 0 Å². The maximum Gasteiger partial charge on any atom is 0.573 e. The molecule has 1 atom stereocenters. The van der Waals surface area contributed by atoms with Crippen molar-refractivity contribution in [3.63, 3.8) is 0 Å². The lowest BCUT2D eigenvalue weighted by atomic mass is 10.0. The SMILES string of the molecule is CCC(c1ccccc1OC(F)(F)F)n1ccc2ccccc21. The van der Waals surface area contributed by atoms with Crippen LogP contribution in [0.1, 0.15) is 24.9 Å². The zero-order chi connectivity index (χ0) is 16.4. The Labute approximate surface area is 132 Å². The molecule has 0 N–H and O–H groups in total. The maximum atomic E-state index is 12.7. The molecule has 0 fully saturated rings. The van der Waals surface area contributed by atoms with Gasteiger partial charge in [0.1, 0.15) is 5.75 Å². The minimum atomic E-state index is -4.70. The lowest BCUT2D eigenvalue weighted by Crippen LogP contribution is -2.19. The average molecular weight is 319 g/mol. The molecule has 120 valence electrons. The first-order chi connectivity index (χ1) is 11.0. The van der Waals surface area contributed by atoms with E-state index in [0.29, 0.717) is 12.0 Å². The second kappa shape index (κ2) is 5.99. The molecule has 23 heavy (non-hydrogen) atoms.